The van der Waals surface area contributed by atoms with Gasteiger partial charge in [-0.3, -0.25) is 4.79 Å². The van der Waals surface area contributed by atoms with Crippen LogP contribution in [0.15, 0.2) is 41.0 Å². The fraction of sp³-hybridized carbons (Fsp3) is 0.389. The van der Waals surface area contributed by atoms with Crippen molar-refractivity contribution >= 4 is 17.9 Å². The van der Waals surface area contributed by atoms with E-state index in [0.29, 0.717) is 23.7 Å². The number of halogens is 1. The summed E-state index contributed by atoms with van der Waals surface area (Å²) in [5.74, 6) is 1.20. The fourth-order valence-corrected chi connectivity index (χ4v) is 2.22. The summed E-state index contributed by atoms with van der Waals surface area (Å²) in [4.78, 5) is 10.7. The SMILES string of the molecule is CC.COc1cc(C=O)ccc1OCC1=CC=C(Cl)CCC1. The smallest absolute Gasteiger partial charge is 0.161 e. The summed E-state index contributed by atoms with van der Waals surface area (Å²) in [6, 6.07) is 5.13. The minimum atomic E-state index is 0.497. The average molecular weight is 323 g/mol. The average Bonchev–Trinajstić information content (AvgIpc) is 2.79. The van der Waals surface area contributed by atoms with Crippen LogP contribution in [0, 0.1) is 0 Å². The highest BCUT2D eigenvalue weighted by atomic mass is 35.5. The Morgan fingerprint density at radius 3 is 2.64 bits per heavy atom. The van der Waals surface area contributed by atoms with E-state index in [4.69, 9.17) is 21.1 Å². The van der Waals surface area contributed by atoms with Crippen LogP contribution in [0.25, 0.3) is 0 Å². The Morgan fingerprint density at radius 1 is 1.18 bits per heavy atom. The number of hydrogen-bond donors (Lipinski definition) is 0. The van der Waals surface area contributed by atoms with Gasteiger partial charge in [0.2, 0.25) is 0 Å². The Labute approximate surface area is 137 Å². The van der Waals surface area contributed by atoms with Crippen molar-refractivity contribution in [2.45, 2.75) is 33.1 Å². The van der Waals surface area contributed by atoms with E-state index in [9.17, 15) is 4.79 Å². The molecule has 1 aliphatic rings. The van der Waals surface area contributed by atoms with Crippen molar-refractivity contribution < 1.29 is 14.3 Å². The first-order valence-corrected chi connectivity index (χ1v) is 7.91. The van der Waals surface area contributed by atoms with E-state index >= 15 is 0 Å². The third-order valence-corrected chi connectivity index (χ3v) is 3.47. The van der Waals surface area contributed by atoms with Crippen LogP contribution < -0.4 is 9.47 Å². The molecule has 1 aromatic rings. The van der Waals surface area contributed by atoms with Gasteiger partial charge < -0.3 is 9.47 Å². The van der Waals surface area contributed by atoms with Crippen molar-refractivity contribution in [1.29, 1.82) is 0 Å². The summed E-state index contributed by atoms with van der Waals surface area (Å²) in [7, 11) is 1.56. The molecule has 2 rings (SSSR count). The molecular formula is C18H23ClO3. The lowest BCUT2D eigenvalue weighted by atomic mass is 10.1. The molecule has 3 nitrogen and oxygen atoms in total. The fourth-order valence-electron chi connectivity index (χ4n) is 2.03. The van der Waals surface area contributed by atoms with Crippen LogP contribution in [-0.4, -0.2) is 20.0 Å². The zero-order valence-electron chi connectivity index (χ0n) is 13.4. The van der Waals surface area contributed by atoms with Gasteiger partial charge in [0.15, 0.2) is 11.5 Å². The monoisotopic (exact) mass is 322 g/mol. The number of ether oxygens (including phenoxy) is 2. The Hall–Kier alpha value is -1.74. The van der Waals surface area contributed by atoms with E-state index in [-0.39, 0.29) is 0 Å². The molecule has 22 heavy (non-hydrogen) atoms. The van der Waals surface area contributed by atoms with Gasteiger partial charge in [0.1, 0.15) is 12.9 Å². The summed E-state index contributed by atoms with van der Waals surface area (Å²) in [6.07, 6.45) is 7.65. The van der Waals surface area contributed by atoms with Crippen molar-refractivity contribution in [2.75, 3.05) is 13.7 Å². The largest absolute Gasteiger partial charge is 0.493 e. The Morgan fingerprint density at radius 2 is 1.95 bits per heavy atom. The maximum absolute atomic E-state index is 10.7. The second-order valence-electron chi connectivity index (χ2n) is 4.61. The minimum Gasteiger partial charge on any atom is -0.493 e. The van der Waals surface area contributed by atoms with Gasteiger partial charge in [0, 0.05) is 10.6 Å². The molecular weight excluding hydrogens is 300 g/mol. The number of carbonyl (C=O) groups excluding carboxylic acids is 1. The van der Waals surface area contributed by atoms with Gasteiger partial charge in [-0.2, -0.15) is 0 Å². The number of aldehydes is 1. The van der Waals surface area contributed by atoms with Gasteiger partial charge in [-0.15, -0.1) is 0 Å². The maximum Gasteiger partial charge on any atom is 0.161 e. The molecule has 0 unspecified atom stereocenters. The summed E-state index contributed by atoms with van der Waals surface area (Å²) in [5, 5.41) is 0.882. The minimum absolute atomic E-state index is 0.497. The van der Waals surface area contributed by atoms with Crippen molar-refractivity contribution in [3.63, 3.8) is 0 Å². The van der Waals surface area contributed by atoms with Crippen LogP contribution in [0.2, 0.25) is 0 Å². The Kier molecular flexibility index (Phi) is 8.38. The molecule has 0 amide bonds. The lowest BCUT2D eigenvalue weighted by Gasteiger charge is -2.12. The second-order valence-corrected chi connectivity index (χ2v) is 5.09. The summed E-state index contributed by atoms with van der Waals surface area (Å²) < 4.78 is 11.0. The van der Waals surface area contributed by atoms with Gasteiger partial charge in [-0.25, -0.2) is 0 Å². The molecule has 0 bridgehead atoms. The molecule has 0 radical (unpaired) electrons. The van der Waals surface area contributed by atoms with Crippen LogP contribution in [0.1, 0.15) is 43.5 Å². The van der Waals surface area contributed by atoms with Gasteiger partial charge in [0.25, 0.3) is 0 Å². The molecule has 0 atom stereocenters. The number of carbonyl (C=O) groups is 1. The zero-order valence-corrected chi connectivity index (χ0v) is 14.2. The van der Waals surface area contributed by atoms with Crippen LogP contribution in [0.5, 0.6) is 11.5 Å². The summed E-state index contributed by atoms with van der Waals surface area (Å²) in [6.45, 7) is 4.50. The van der Waals surface area contributed by atoms with E-state index in [1.807, 2.05) is 26.0 Å². The molecule has 4 heteroatoms. The maximum atomic E-state index is 10.7. The topological polar surface area (TPSA) is 35.5 Å². The lowest BCUT2D eigenvalue weighted by molar-refractivity contribution is 0.112. The van der Waals surface area contributed by atoms with Crippen molar-refractivity contribution in [2.24, 2.45) is 0 Å². The van der Waals surface area contributed by atoms with E-state index in [1.165, 1.54) is 5.57 Å². The van der Waals surface area contributed by atoms with Gasteiger partial charge >= 0.3 is 0 Å². The second kappa shape index (κ2) is 10.1. The number of allylic oxidation sites excluding steroid dienone is 3. The highest BCUT2D eigenvalue weighted by molar-refractivity contribution is 6.29. The molecule has 0 aromatic heterocycles. The third kappa shape index (κ3) is 5.57. The van der Waals surface area contributed by atoms with Crippen molar-refractivity contribution in [1.82, 2.24) is 0 Å². The van der Waals surface area contributed by atoms with E-state index in [2.05, 4.69) is 0 Å². The standard InChI is InChI=1S/C16H17ClO3.C2H6/c1-19-16-9-13(10-18)6-8-15(16)20-11-12-3-2-4-14(17)7-5-12;1-2/h5-10H,2-4,11H2,1H3;1-2H3. The van der Waals surface area contributed by atoms with Crippen LogP contribution >= 0.6 is 11.6 Å². The summed E-state index contributed by atoms with van der Waals surface area (Å²) >= 11 is 6.01. The third-order valence-electron chi connectivity index (χ3n) is 3.15. The first kappa shape index (κ1) is 18.3. The normalized spacial score (nSPS) is 13.8. The van der Waals surface area contributed by atoms with Gasteiger partial charge in [-0.1, -0.05) is 31.5 Å². The molecule has 1 aromatic carbocycles. The quantitative estimate of drug-likeness (QED) is 0.704. The first-order valence-electron chi connectivity index (χ1n) is 7.53. The Bertz CT molecular complexity index is 547. The van der Waals surface area contributed by atoms with Crippen molar-refractivity contribution in [3.8, 4) is 11.5 Å². The number of rotatable bonds is 5. The van der Waals surface area contributed by atoms with Crippen LogP contribution in [0.3, 0.4) is 0 Å². The molecule has 0 saturated heterocycles. The predicted octanol–water partition coefficient (Wildman–Crippen LogP) is 5.15. The molecule has 0 heterocycles. The highest BCUT2D eigenvalue weighted by Crippen LogP contribution is 2.29. The molecule has 0 aliphatic heterocycles. The number of hydrogen-bond acceptors (Lipinski definition) is 3. The molecule has 0 N–H and O–H groups in total. The van der Waals surface area contributed by atoms with Gasteiger partial charge in [-0.05, 0) is 49.1 Å². The molecule has 1 aliphatic carbocycles. The molecule has 120 valence electrons. The van der Waals surface area contributed by atoms with E-state index in [1.54, 1.807) is 25.3 Å². The van der Waals surface area contributed by atoms with E-state index < -0.39 is 0 Å². The van der Waals surface area contributed by atoms with E-state index in [0.717, 1.165) is 30.6 Å². The number of methoxy groups -OCH3 is 1. The molecule has 0 spiro atoms. The van der Waals surface area contributed by atoms with Gasteiger partial charge in [0.05, 0.1) is 7.11 Å². The highest BCUT2D eigenvalue weighted by Gasteiger charge is 2.08. The van der Waals surface area contributed by atoms with Crippen molar-refractivity contribution in [3.05, 3.63) is 46.5 Å². The first-order chi connectivity index (χ1) is 10.7. The number of benzene rings is 1. The molecule has 0 saturated carbocycles. The summed E-state index contributed by atoms with van der Waals surface area (Å²) in [5.41, 5.74) is 1.76. The van der Waals surface area contributed by atoms with Crippen LogP contribution in [0.4, 0.5) is 0 Å². The molecule has 0 fully saturated rings. The van der Waals surface area contributed by atoms with Crippen LogP contribution in [-0.2, 0) is 0 Å². The Balaban J connectivity index is 0.00000116. The lowest BCUT2D eigenvalue weighted by Crippen LogP contribution is -2.03. The predicted molar refractivity (Wildman–Crippen MR) is 91.1 cm³/mol. The zero-order chi connectivity index (χ0) is 16.4.